The van der Waals surface area contributed by atoms with Gasteiger partial charge < -0.3 is 10.1 Å². The summed E-state index contributed by atoms with van der Waals surface area (Å²) < 4.78 is 27.9. The number of hydrogen-bond acceptors (Lipinski definition) is 6. The molecule has 0 fully saturated rings. The maximum atomic E-state index is 12.0. The van der Waals surface area contributed by atoms with Crippen LogP contribution in [0.2, 0.25) is 0 Å². The average Bonchev–Trinajstić information content (AvgIpc) is 2.59. The average molecular weight is 358 g/mol. The summed E-state index contributed by atoms with van der Waals surface area (Å²) in [6, 6.07) is 13.7. The Morgan fingerprint density at radius 3 is 2.56 bits per heavy atom. The van der Waals surface area contributed by atoms with Crippen LogP contribution in [0.4, 0.5) is 5.69 Å². The zero-order valence-corrected chi connectivity index (χ0v) is 14.0. The second kappa shape index (κ2) is 7.59. The Hall–Kier alpha value is -3.18. The molecule has 0 saturated heterocycles. The van der Waals surface area contributed by atoms with Gasteiger partial charge in [-0.25, -0.2) is 13.2 Å². The molecule has 128 valence electrons. The number of rotatable bonds is 5. The van der Waals surface area contributed by atoms with E-state index in [2.05, 4.69) is 5.32 Å². The smallest absolute Gasteiger partial charge is 0.338 e. The van der Waals surface area contributed by atoms with Crippen molar-refractivity contribution in [1.82, 2.24) is 0 Å². The van der Waals surface area contributed by atoms with Crippen molar-refractivity contribution >= 4 is 27.4 Å². The van der Waals surface area contributed by atoms with Gasteiger partial charge in [-0.1, -0.05) is 18.2 Å². The van der Waals surface area contributed by atoms with Gasteiger partial charge >= 0.3 is 5.97 Å². The number of benzene rings is 2. The van der Waals surface area contributed by atoms with E-state index in [0.717, 1.165) is 6.26 Å². The molecular formula is C17H14N2O5S. The fourth-order valence-electron chi connectivity index (χ4n) is 1.94. The first-order chi connectivity index (χ1) is 11.8. The third-order valence-corrected chi connectivity index (χ3v) is 4.26. The first-order valence-corrected chi connectivity index (χ1v) is 8.96. The summed E-state index contributed by atoms with van der Waals surface area (Å²) in [7, 11) is -3.46. The Balaban J connectivity index is 2.00. The number of nitrogens with one attached hydrogen (secondary N) is 1. The molecule has 0 aromatic heterocycles. The standard InChI is InChI=1S/C17H14N2O5S/c1-25(22,23)14-7-4-6-12(9-14)17(21)24-11-16(20)19-15-8-3-2-5-13(15)10-18/h2-9H,11H2,1H3,(H,19,20). The topological polar surface area (TPSA) is 113 Å². The predicted octanol–water partition coefficient (Wildman–Crippen LogP) is 1.76. The zero-order chi connectivity index (χ0) is 18.4. The molecule has 0 radical (unpaired) electrons. The Bertz CT molecular complexity index is 961. The first kappa shape index (κ1) is 18.2. The van der Waals surface area contributed by atoms with E-state index in [0.29, 0.717) is 5.69 Å². The second-order valence-electron chi connectivity index (χ2n) is 5.08. The maximum absolute atomic E-state index is 12.0. The van der Waals surface area contributed by atoms with Gasteiger partial charge in [-0.2, -0.15) is 5.26 Å². The van der Waals surface area contributed by atoms with E-state index in [-0.39, 0.29) is 16.0 Å². The monoisotopic (exact) mass is 358 g/mol. The van der Waals surface area contributed by atoms with E-state index >= 15 is 0 Å². The quantitative estimate of drug-likeness (QED) is 0.815. The van der Waals surface area contributed by atoms with E-state index in [1.165, 1.54) is 30.3 Å². The zero-order valence-electron chi connectivity index (χ0n) is 13.2. The molecule has 2 aromatic rings. The summed E-state index contributed by atoms with van der Waals surface area (Å²) in [5.74, 6) is -1.44. The Labute approximate surface area is 144 Å². The van der Waals surface area contributed by atoms with Crippen molar-refractivity contribution in [1.29, 1.82) is 5.26 Å². The van der Waals surface area contributed by atoms with E-state index in [1.54, 1.807) is 18.2 Å². The van der Waals surface area contributed by atoms with Gasteiger partial charge in [0.15, 0.2) is 16.4 Å². The third-order valence-electron chi connectivity index (χ3n) is 3.15. The number of sulfone groups is 1. The van der Waals surface area contributed by atoms with Gasteiger partial charge in [0.25, 0.3) is 5.91 Å². The van der Waals surface area contributed by atoms with E-state index in [4.69, 9.17) is 10.00 Å². The Morgan fingerprint density at radius 1 is 1.16 bits per heavy atom. The molecule has 2 rings (SSSR count). The van der Waals surface area contributed by atoms with Crippen LogP contribution in [0, 0.1) is 11.3 Å². The second-order valence-corrected chi connectivity index (χ2v) is 7.10. The first-order valence-electron chi connectivity index (χ1n) is 7.07. The fraction of sp³-hybridized carbons (Fsp3) is 0.118. The summed E-state index contributed by atoms with van der Waals surface area (Å²) in [5, 5.41) is 11.4. The Morgan fingerprint density at radius 2 is 1.88 bits per heavy atom. The van der Waals surface area contributed by atoms with Crippen LogP contribution in [-0.4, -0.2) is 33.2 Å². The van der Waals surface area contributed by atoms with Crippen LogP contribution < -0.4 is 5.32 Å². The van der Waals surface area contributed by atoms with Gasteiger partial charge in [0.05, 0.1) is 21.7 Å². The summed E-state index contributed by atoms with van der Waals surface area (Å²) in [5.41, 5.74) is 0.612. The fourth-order valence-corrected chi connectivity index (χ4v) is 2.61. The highest BCUT2D eigenvalue weighted by molar-refractivity contribution is 7.90. The predicted molar refractivity (Wildman–Crippen MR) is 89.6 cm³/mol. The van der Waals surface area contributed by atoms with Crippen LogP contribution in [-0.2, 0) is 19.4 Å². The number of anilines is 1. The molecule has 0 aliphatic rings. The van der Waals surface area contributed by atoms with Crippen LogP contribution in [0.3, 0.4) is 0 Å². The van der Waals surface area contributed by atoms with Gasteiger partial charge in [0, 0.05) is 6.26 Å². The molecule has 0 heterocycles. The van der Waals surface area contributed by atoms with Gasteiger partial charge in [0.2, 0.25) is 0 Å². The lowest BCUT2D eigenvalue weighted by molar-refractivity contribution is -0.119. The summed E-state index contributed by atoms with van der Waals surface area (Å²) in [4.78, 5) is 23.8. The lowest BCUT2D eigenvalue weighted by Crippen LogP contribution is -2.21. The molecule has 0 atom stereocenters. The van der Waals surface area contributed by atoms with Gasteiger partial charge in [-0.15, -0.1) is 0 Å². The number of carbonyl (C=O) groups is 2. The largest absolute Gasteiger partial charge is 0.452 e. The molecule has 0 aliphatic heterocycles. The number of nitriles is 1. The summed E-state index contributed by atoms with van der Waals surface area (Å²) in [6.45, 7) is -0.568. The number of hydrogen-bond donors (Lipinski definition) is 1. The third kappa shape index (κ3) is 4.89. The van der Waals surface area contributed by atoms with Crippen molar-refractivity contribution in [2.24, 2.45) is 0 Å². The van der Waals surface area contributed by atoms with E-state index in [1.807, 2.05) is 6.07 Å². The minimum atomic E-state index is -3.46. The molecular weight excluding hydrogens is 344 g/mol. The molecule has 25 heavy (non-hydrogen) atoms. The molecule has 0 aliphatic carbocycles. The van der Waals surface area contributed by atoms with Crippen LogP contribution in [0.25, 0.3) is 0 Å². The van der Waals surface area contributed by atoms with Crippen molar-refractivity contribution in [3.8, 4) is 6.07 Å². The molecule has 7 nitrogen and oxygen atoms in total. The minimum absolute atomic E-state index is 0.0191. The number of carbonyl (C=O) groups excluding carboxylic acids is 2. The summed E-state index contributed by atoms with van der Waals surface area (Å²) >= 11 is 0. The summed E-state index contributed by atoms with van der Waals surface area (Å²) in [6.07, 6.45) is 1.03. The van der Waals surface area contributed by atoms with Gasteiger partial charge in [-0.3, -0.25) is 4.79 Å². The Kier molecular flexibility index (Phi) is 5.52. The number of amides is 1. The van der Waals surface area contributed by atoms with Crippen LogP contribution in [0.1, 0.15) is 15.9 Å². The SMILES string of the molecule is CS(=O)(=O)c1cccc(C(=O)OCC(=O)Nc2ccccc2C#N)c1. The number of esters is 1. The molecule has 1 amide bonds. The number of nitrogens with zero attached hydrogens (tertiary/aromatic N) is 1. The number of para-hydroxylation sites is 1. The molecule has 0 saturated carbocycles. The molecule has 1 N–H and O–H groups in total. The van der Waals surface area contributed by atoms with Crippen molar-refractivity contribution in [3.63, 3.8) is 0 Å². The molecule has 0 unspecified atom stereocenters. The van der Waals surface area contributed by atoms with Crippen LogP contribution >= 0.6 is 0 Å². The van der Waals surface area contributed by atoms with Gasteiger partial charge in [-0.05, 0) is 30.3 Å². The van der Waals surface area contributed by atoms with Gasteiger partial charge in [0.1, 0.15) is 6.07 Å². The van der Waals surface area contributed by atoms with Crippen molar-refractivity contribution in [2.45, 2.75) is 4.90 Å². The van der Waals surface area contributed by atoms with Crippen LogP contribution in [0.5, 0.6) is 0 Å². The van der Waals surface area contributed by atoms with E-state index in [9.17, 15) is 18.0 Å². The number of ether oxygens (including phenoxy) is 1. The molecule has 0 spiro atoms. The highest BCUT2D eigenvalue weighted by Gasteiger charge is 2.14. The maximum Gasteiger partial charge on any atom is 0.338 e. The normalized spacial score (nSPS) is 10.6. The van der Waals surface area contributed by atoms with Crippen LogP contribution in [0.15, 0.2) is 53.4 Å². The molecule has 2 aromatic carbocycles. The lowest BCUT2D eigenvalue weighted by Gasteiger charge is -2.08. The highest BCUT2D eigenvalue weighted by Crippen LogP contribution is 2.14. The minimum Gasteiger partial charge on any atom is -0.452 e. The van der Waals surface area contributed by atoms with Crippen molar-refractivity contribution < 1.29 is 22.7 Å². The molecule has 0 bridgehead atoms. The highest BCUT2D eigenvalue weighted by atomic mass is 32.2. The van der Waals surface area contributed by atoms with Crippen molar-refractivity contribution in [2.75, 3.05) is 18.2 Å². The lowest BCUT2D eigenvalue weighted by atomic mass is 10.2. The molecule has 8 heteroatoms. The van der Waals surface area contributed by atoms with E-state index < -0.39 is 28.3 Å². The van der Waals surface area contributed by atoms with Crippen molar-refractivity contribution in [3.05, 3.63) is 59.7 Å².